The number of para-hydroxylation sites is 1. The molecule has 188 valence electrons. The molecule has 1 saturated carbocycles. The van der Waals surface area contributed by atoms with Crippen molar-refractivity contribution in [2.75, 3.05) is 42.8 Å². The fourth-order valence-electron chi connectivity index (χ4n) is 4.51. The van der Waals surface area contributed by atoms with Crippen LogP contribution in [-0.2, 0) is 19.3 Å². The number of carbonyl (C=O) groups excluding carboxylic acids is 1. The zero-order valence-electron chi connectivity index (χ0n) is 20.0. The molecule has 0 radical (unpaired) electrons. The number of morpholine rings is 1. The lowest BCUT2D eigenvalue weighted by Gasteiger charge is -2.40. The van der Waals surface area contributed by atoms with Gasteiger partial charge in [0.2, 0.25) is 0 Å². The summed E-state index contributed by atoms with van der Waals surface area (Å²) in [4.78, 5) is 23.8. The molecule has 5 rings (SSSR count). The molecule has 2 aliphatic rings. The normalized spacial score (nSPS) is 17.2. The van der Waals surface area contributed by atoms with Crippen LogP contribution in [0.25, 0.3) is 11.4 Å². The summed E-state index contributed by atoms with van der Waals surface area (Å²) in [6.07, 6.45) is 2.65. The molecule has 1 aromatic heterocycles. The van der Waals surface area contributed by atoms with Crippen LogP contribution >= 0.6 is 0 Å². The van der Waals surface area contributed by atoms with Crippen molar-refractivity contribution in [1.82, 2.24) is 9.97 Å². The predicted octanol–water partition coefficient (Wildman–Crippen LogP) is 4.01. The molecule has 0 atom stereocenters. The van der Waals surface area contributed by atoms with E-state index < -0.39 is 20.7 Å². The number of hydrogen-bond acceptors (Lipinski definition) is 8. The molecule has 1 saturated heterocycles. The van der Waals surface area contributed by atoms with Crippen LogP contribution in [0.1, 0.15) is 25.0 Å². The number of nitrogens with zero attached hydrogens (tertiary/aromatic N) is 3. The van der Waals surface area contributed by atoms with Crippen LogP contribution in [0.4, 0.5) is 16.3 Å². The van der Waals surface area contributed by atoms with E-state index in [1.165, 1.54) is 6.26 Å². The summed E-state index contributed by atoms with van der Waals surface area (Å²) in [5, 5.41) is 2.70. The van der Waals surface area contributed by atoms with Crippen molar-refractivity contribution in [1.29, 1.82) is 0 Å². The van der Waals surface area contributed by atoms with E-state index in [9.17, 15) is 13.2 Å². The maximum absolute atomic E-state index is 12.8. The SMILES string of the molecule is CS(=O)(=O)C1(c2cc(N3CCOCC3)nc(-c3ccc(NC(=O)Oc4ccccc4)cc3)n2)CCC1. The Morgan fingerprint density at radius 3 is 2.33 bits per heavy atom. The summed E-state index contributed by atoms with van der Waals surface area (Å²) in [5.74, 6) is 1.59. The molecule has 0 bridgehead atoms. The zero-order chi connectivity index (χ0) is 25.2. The van der Waals surface area contributed by atoms with Gasteiger partial charge in [-0.15, -0.1) is 0 Å². The Kier molecular flexibility index (Phi) is 6.63. The van der Waals surface area contributed by atoms with Crippen LogP contribution in [0.5, 0.6) is 5.75 Å². The van der Waals surface area contributed by atoms with Crippen LogP contribution in [0.3, 0.4) is 0 Å². The summed E-state index contributed by atoms with van der Waals surface area (Å²) >= 11 is 0. The molecule has 1 N–H and O–H groups in total. The van der Waals surface area contributed by atoms with E-state index in [-0.39, 0.29) is 0 Å². The summed E-state index contributed by atoms with van der Waals surface area (Å²) in [6.45, 7) is 2.53. The molecule has 10 heteroatoms. The van der Waals surface area contributed by atoms with E-state index >= 15 is 0 Å². The fraction of sp³-hybridized carbons (Fsp3) is 0.346. The van der Waals surface area contributed by atoms with E-state index in [4.69, 9.17) is 19.4 Å². The number of anilines is 2. The van der Waals surface area contributed by atoms with Crippen LogP contribution in [0, 0.1) is 0 Å². The first-order chi connectivity index (χ1) is 17.3. The van der Waals surface area contributed by atoms with Crippen molar-refractivity contribution in [3.8, 4) is 17.1 Å². The topological polar surface area (TPSA) is 111 Å². The summed E-state index contributed by atoms with van der Waals surface area (Å²) in [6, 6.07) is 17.7. The van der Waals surface area contributed by atoms with Crippen molar-refractivity contribution in [2.45, 2.75) is 24.0 Å². The lowest BCUT2D eigenvalue weighted by molar-refractivity contribution is 0.122. The monoisotopic (exact) mass is 508 g/mol. The van der Waals surface area contributed by atoms with E-state index in [2.05, 4.69) is 10.2 Å². The summed E-state index contributed by atoms with van der Waals surface area (Å²) in [7, 11) is -3.37. The van der Waals surface area contributed by atoms with Gasteiger partial charge >= 0.3 is 6.09 Å². The van der Waals surface area contributed by atoms with Gasteiger partial charge in [-0.1, -0.05) is 18.2 Å². The molecule has 2 heterocycles. The Morgan fingerprint density at radius 2 is 1.72 bits per heavy atom. The molecular formula is C26H28N4O5S. The third kappa shape index (κ3) is 4.91. The number of amides is 1. The second-order valence-electron chi connectivity index (χ2n) is 9.06. The summed E-state index contributed by atoms with van der Waals surface area (Å²) in [5.41, 5.74) is 1.81. The van der Waals surface area contributed by atoms with Gasteiger partial charge in [-0.05, 0) is 55.7 Å². The van der Waals surface area contributed by atoms with Crippen molar-refractivity contribution in [2.24, 2.45) is 0 Å². The maximum Gasteiger partial charge on any atom is 0.417 e. The molecule has 2 fully saturated rings. The van der Waals surface area contributed by atoms with Crippen molar-refractivity contribution < 1.29 is 22.7 Å². The minimum atomic E-state index is -3.37. The number of benzene rings is 2. The van der Waals surface area contributed by atoms with Crippen molar-refractivity contribution >= 4 is 27.4 Å². The number of rotatable bonds is 6. The average molecular weight is 509 g/mol. The first-order valence-corrected chi connectivity index (χ1v) is 13.8. The summed E-state index contributed by atoms with van der Waals surface area (Å²) < 4.78 is 35.4. The van der Waals surface area contributed by atoms with Gasteiger partial charge in [-0.3, -0.25) is 5.32 Å². The molecular weight excluding hydrogens is 480 g/mol. The minimum absolute atomic E-state index is 0.447. The van der Waals surface area contributed by atoms with E-state index in [1.54, 1.807) is 48.5 Å². The minimum Gasteiger partial charge on any atom is -0.410 e. The van der Waals surface area contributed by atoms with Crippen molar-refractivity contribution in [3.05, 3.63) is 66.4 Å². The number of carbonyl (C=O) groups is 1. The van der Waals surface area contributed by atoms with Gasteiger partial charge in [0.1, 0.15) is 16.3 Å². The number of hydrogen-bond donors (Lipinski definition) is 1. The third-order valence-corrected chi connectivity index (χ3v) is 8.77. The van der Waals surface area contributed by atoms with E-state index in [1.807, 2.05) is 12.1 Å². The highest BCUT2D eigenvalue weighted by molar-refractivity contribution is 7.91. The van der Waals surface area contributed by atoms with Gasteiger partial charge in [0.05, 0.1) is 18.9 Å². The van der Waals surface area contributed by atoms with Gasteiger partial charge in [0.25, 0.3) is 0 Å². The quantitative estimate of drug-likeness (QED) is 0.532. The molecule has 1 aliphatic carbocycles. The lowest BCUT2D eigenvalue weighted by Crippen LogP contribution is -2.43. The predicted molar refractivity (Wildman–Crippen MR) is 137 cm³/mol. The average Bonchev–Trinajstić information content (AvgIpc) is 2.84. The Balaban J connectivity index is 1.43. The highest BCUT2D eigenvalue weighted by Gasteiger charge is 2.49. The Morgan fingerprint density at radius 1 is 1.03 bits per heavy atom. The molecule has 0 spiro atoms. The second kappa shape index (κ2) is 9.87. The van der Waals surface area contributed by atoms with E-state index in [0.29, 0.717) is 67.9 Å². The van der Waals surface area contributed by atoms with Gasteiger partial charge in [0, 0.05) is 36.7 Å². The highest BCUT2D eigenvalue weighted by Crippen LogP contribution is 2.48. The molecule has 36 heavy (non-hydrogen) atoms. The standard InChI is InChI=1S/C26H28N4O5S/c1-36(32,33)26(12-5-13-26)22-18-23(30-14-16-34-17-15-30)29-24(28-22)19-8-10-20(11-9-19)27-25(31)35-21-6-3-2-4-7-21/h2-4,6-11,18H,5,12-17H2,1H3,(H,27,31). The largest absolute Gasteiger partial charge is 0.417 e. The first-order valence-electron chi connectivity index (χ1n) is 11.9. The highest BCUT2D eigenvalue weighted by atomic mass is 32.2. The molecule has 1 aliphatic heterocycles. The smallest absolute Gasteiger partial charge is 0.410 e. The third-order valence-electron chi connectivity index (χ3n) is 6.73. The molecule has 0 unspecified atom stereocenters. The van der Waals surface area contributed by atoms with Crippen LogP contribution in [-0.4, -0.2) is 57.0 Å². The molecule has 9 nitrogen and oxygen atoms in total. The van der Waals surface area contributed by atoms with E-state index in [0.717, 1.165) is 12.0 Å². The van der Waals surface area contributed by atoms with Crippen LogP contribution in [0.2, 0.25) is 0 Å². The van der Waals surface area contributed by atoms with Crippen molar-refractivity contribution in [3.63, 3.8) is 0 Å². The fourth-order valence-corrected chi connectivity index (χ4v) is 6.02. The molecule has 2 aromatic carbocycles. The number of aromatic nitrogens is 2. The first kappa shape index (κ1) is 24.2. The molecule has 1 amide bonds. The lowest BCUT2D eigenvalue weighted by atomic mass is 9.81. The Hall–Kier alpha value is -3.50. The van der Waals surface area contributed by atoms with Gasteiger partial charge in [-0.25, -0.2) is 23.2 Å². The zero-order valence-corrected chi connectivity index (χ0v) is 20.8. The van der Waals surface area contributed by atoms with Gasteiger partial charge in [0.15, 0.2) is 15.7 Å². The molecule has 3 aromatic rings. The van der Waals surface area contributed by atoms with Gasteiger partial charge < -0.3 is 14.4 Å². The Bertz CT molecular complexity index is 1340. The number of sulfone groups is 1. The van der Waals surface area contributed by atoms with Gasteiger partial charge in [-0.2, -0.15) is 0 Å². The van der Waals surface area contributed by atoms with Crippen LogP contribution in [0.15, 0.2) is 60.7 Å². The maximum atomic E-state index is 12.8. The Labute approximate surface area is 210 Å². The van der Waals surface area contributed by atoms with Crippen LogP contribution < -0.4 is 15.0 Å². The number of nitrogens with one attached hydrogen (secondary N) is 1. The number of ether oxygens (including phenoxy) is 2. The second-order valence-corrected chi connectivity index (χ2v) is 11.4.